The Hall–Kier alpha value is -2.15. The molecule has 2 aromatic heterocycles. The fourth-order valence-electron chi connectivity index (χ4n) is 4.20. The molecule has 2 aliphatic rings. The lowest BCUT2D eigenvalue weighted by atomic mass is 10.0. The first-order valence-corrected chi connectivity index (χ1v) is 8.07. The highest BCUT2D eigenvalue weighted by atomic mass is 16.3. The molecule has 122 valence electrons. The average Bonchev–Trinajstić information content (AvgIpc) is 3.26. The van der Waals surface area contributed by atoms with Crippen LogP contribution in [0.4, 0.5) is 5.82 Å². The summed E-state index contributed by atoms with van der Waals surface area (Å²) in [5, 5.41) is 10.1. The Kier molecular flexibility index (Phi) is 3.45. The van der Waals surface area contributed by atoms with Gasteiger partial charge in [-0.15, -0.1) is 0 Å². The molecular weight excluding hydrogens is 294 g/mol. The van der Waals surface area contributed by atoms with Crippen molar-refractivity contribution < 1.29 is 9.90 Å². The smallest absolute Gasteiger partial charge is 0.248 e. The molecule has 4 rings (SSSR count). The molecule has 3 atom stereocenters. The van der Waals surface area contributed by atoms with Gasteiger partial charge in [-0.05, 0) is 30.7 Å². The molecule has 3 heterocycles. The largest absolute Gasteiger partial charge is 0.387 e. The highest BCUT2D eigenvalue weighted by Gasteiger charge is 2.43. The molecule has 1 aliphatic heterocycles. The van der Waals surface area contributed by atoms with Crippen LogP contribution in [0.3, 0.4) is 0 Å². The van der Waals surface area contributed by atoms with Crippen LogP contribution in [0.2, 0.25) is 0 Å². The predicted octanol–water partition coefficient (Wildman–Crippen LogP) is 0.623. The van der Waals surface area contributed by atoms with E-state index in [0.717, 1.165) is 42.8 Å². The van der Waals surface area contributed by atoms with E-state index in [1.807, 2.05) is 12.3 Å². The van der Waals surface area contributed by atoms with Gasteiger partial charge < -0.3 is 19.9 Å². The molecule has 1 unspecified atom stereocenters. The van der Waals surface area contributed by atoms with Crippen LogP contribution in [0.5, 0.6) is 0 Å². The minimum Gasteiger partial charge on any atom is -0.387 e. The first-order chi connectivity index (χ1) is 11.2. The third kappa shape index (κ3) is 2.35. The van der Waals surface area contributed by atoms with Gasteiger partial charge in [-0.1, -0.05) is 0 Å². The third-order valence-electron chi connectivity index (χ3n) is 5.43. The fourth-order valence-corrected chi connectivity index (χ4v) is 4.20. The maximum atomic E-state index is 11.6. The molecule has 0 aromatic carbocycles. The molecule has 1 amide bonds. The summed E-state index contributed by atoms with van der Waals surface area (Å²) in [5.74, 6) is 1.88. The number of aliphatic hydroxyl groups excluding tert-OH is 1. The van der Waals surface area contributed by atoms with E-state index in [9.17, 15) is 4.79 Å². The van der Waals surface area contributed by atoms with Crippen molar-refractivity contribution in [2.24, 2.45) is 11.8 Å². The Morgan fingerprint density at radius 3 is 2.83 bits per heavy atom. The van der Waals surface area contributed by atoms with E-state index in [0.29, 0.717) is 17.9 Å². The molecule has 2 fully saturated rings. The number of aromatic amines is 1. The second-order valence-electron chi connectivity index (χ2n) is 6.65. The van der Waals surface area contributed by atoms with Crippen LogP contribution < -0.4 is 4.90 Å². The van der Waals surface area contributed by atoms with Crippen molar-refractivity contribution in [2.75, 3.05) is 31.6 Å². The first kappa shape index (κ1) is 14.4. The van der Waals surface area contributed by atoms with Crippen molar-refractivity contribution in [3.8, 4) is 0 Å². The Morgan fingerprint density at radius 2 is 2.13 bits per heavy atom. The van der Waals surface area contributed by atoms with Gasteiger partial charge in [0.2, 0.25) is 5.91 Å². The van der Waals surface area contributed by atoms with Crippen molar-refractivity contribution in [2.45, 2.75) is 18.9 Å². The lowest BCUT2D eigenvalue weighted by Crippen LogP contribution is -2.35. The molecule has 7 heteroatoms. The zero-order chi connectivity index (χ0) is 16.0. The summed E-state index contributed by atoms with van der Waals surface area (Å²) in [6, 6.07) is 2.45. The lowest BCUT2D eigenvalue weighted by molar-refractivity contribution is -0.133. The van der Waals surface area contributed by atoms with Gasteiger partial charge in [0.05, 0.1) is 5.39 Å². The third-order valence-corrected chi connectivity index (χ3v) is 5.43. The number of amides is 1. The number of likely N-dealkylation sites (tertiary alicyclic amines) is 1. The van der Waals surface area contributed by atoms with Gasteiger partial charge in [0.15, 0.2) is 0 Å². The number of aliphatic hydroxyl groups is 1. The zero-order valence-electron chi connectivity index (χ0n) is 13.1. The summed E-state index contributed by atoms with van der Waals surface area (Å²) < 4.78 is 0. The molecule has 1 saturated carbocycles. The fraction of sp³-hybridized carbons (Fsp3) is 0.562. The molecular formula is C16H21N5O2. The van der Waals surface area contributed by atoms with Gasteiger partial charge in [0.1, 0.15) is 24.4 Å². The van der Waals surface area contributed by atoms with E-state index in [1.165, 1.54) is 0 Å². The maximum absolute atomic E-state index is 11.6. The zero-order valence-corrected chi connectivity index (χ0v) is 13.1. The topological polar surface area (TPSA) is 85.4 Å². The Bertz CT molecular complexity index is 716. The molecule has 1 aliphatic carbocycles. The highest BCUT2D eigenvalue weighted by Crippen LogP contribution is 2.41. The average molecular weight is 315 g/mol. The second kappa shape index (κ2) is 5.49. The van der Waals surface area contributed by atoms with E-state index >= 15 is 0 Å². The van der Waals surface area contributed by atoms with Gasteiger partial charge in [-0.2, -0.15) is 0 Å². The minimum absolute atomic E-state index is 0.144. The lowest BCUT2D eigenvalue weighted by Gasteiger charge is -2.27. The standard InChI is InChI=1S/C16H21N5O2/c1-20(16-13-2-3-17-15(13)18-9-19-16)12-4-10-6-21(14(23)8-22)7-11(10)5-12/h2-3,9-12,22H,4-8H2,1H3,(H,17,18,19)/t10-,11?,12+/m0/s1. The van der Waals surface area contributed by atoms with Crippen LogP contribution >= 0.6 is 0 Å². The number of hydrogen-bond donors (Lipinski definition) is 2. The molecule has 23 heavy (non-hydrogen) atoms. The number of nitrogens with zero attached hydrogens (tertiary/aromatic N) is 4. The molecule has 0 spiro atoms. The number of rotatable bonds is 3. The van der Waals surface area contributed by atoms with Crippen LogP contribution in [0.1, 0.15) is 12.8 Å². The van der Waals surface area contributed by atoms with Gasteiger partial charge in [-0.3, -0.25) is 4.79 Å². The van der Waals surface area contributed by atoms with Gasteiger partial charge in [0.25, 0.3) is 0 Å². The minimum atomic E-state index is -0.380. The van der Waals surface area contributed by atoms with Gasteiger partial charge in [0, 0.05) is 32.4 Å². The molecule has 2 aromatic rings. The second-order valence-corrected chi connectivity index (χ2v) is 6.65. The van der Waals surface area contributed by atoms with Gasteiger partial charge in [-0.25, -0.2) is 9.97 Å². The van der Waals surface area contributed by atoms with Crippen molar-refractivity contribution in [1.82, 2.24) is 19.9 Å². The summed E-state index contributed by atoms with van der Waals surface area (Å²) in [6.45, 7) is 1.17. The van der Waals surface area contributed by atoms with Crippen molar-refractivity contribution in [3.63, 3.8) is 0 Å². The van der Waals surface area contributed by atoms with Crippen molar-refractivity contribution in [3.05, 3.63) is 18.6 Å². The Morgan fingerprint density at radius 1 is 1.39 bits per heavy atom. The van der Waals surface area contributed by atoms with Crippen LogP contribution in [0.25, 0.3) is 11.0 Å². The summed E-state index contributed by atoms with van der Waals surface area (Å²) >= 11 is 0. The highest BCUT2D eigenvalue weighted by molar-refractivity contribution is 5.87. The monoisotopic (exact) mass is 315 g/mol. The molecule has 0 radical (unpaired) electrons. The van der Waals surface area contributed by atoms with Crippen molar-refractivity contribution in [1.29, 1.82) is 0 Å². The number of carbonyl (C=O) groups excluding carboxylic acids is 1. The summed E-state index contributed by atoms with van der Waals surface area (Å²) in [4.78, 5) is 27.5. The maximum Gasteiger partial charge on any atom is 0.248 e. The summed E-state index contributed by atoms with van der Waals surface area (Å²) in [6.07, 6.45) is 5.61. The number of hydrogen-bond acceptors (Lipinski definition) is 5. The van der Waals surface area contributed by atoms with Crippen LogP contribution in [0, 0.1) is 11.8 Å². The van der Waals surface area contributed by atoms with E-state index < -0.39 is 0 Å². The molecule has 0 bridgehead atoms. The van der Waals surface area contributed by atoms with E-state index in [4.69, 9.17) is 5.11 Å². The SMILES string of the molecule is CN(c1ncnc2[nH]ccc12)[C@H]1CC2CN(C(=O)CO)C[C@@H]2C1. The van der Waals surface area contributed by atoms with Crippen LogP contribution in [0.15, 0.2) is 18.6 Å². The summed E-state index contributed by atoms with van der Waals surface area (Å²) in [5.41, 5.74) is 0.861. The predicted molar refractivity (Wildman–Crippen MR) is 86.0 cm³/mol. The molecule has 2 N–H and O–H groups in total. The van der Waals surface area contributed by atoms with Crippen LogP contribution in [-0.4, -0.2) is 63.7 Å². The normalized spacial score (nSPS) is 26.7. The Labute approximate surface area is 134 Å². The number of H-pyrrole nitrogens is 1. The number of aromatic nitrogens is 3. The van der Waals surface area contributed by atoms with Gasteiger partial charge >= 0.3 is 0 Å². The number of nitrogens with one attached hydrogen (secondary N) is 1. The van der Waals surface area contributed by atoms with E-state index in [2.05, 4.69) is 26.9 Å². The number of anilines is 1. The first-order valence-electron chi connectivity index (χ1n) is 8.07. The molecule has 7 nitrogen and oxygen atoms in total. The quantitative estimate of drug-likeness (QED) is 0.867. The van der Waals surface area contributed by atoms with Crippen LogP contribution in [-0.2, 0) is 4.79 Å². The summed E-state index contributed by atoms with van der Waals surface area (Å²) in [7, 11) is 2.09. The van der Waals surface area contributed by atoms with E-state index in [1.54, 1.807) is 11.2 Å². The van der Waals surface area contributed by atoms with Crippen molar-refractivity contribution >= 4 is 22.8 Å². The molecule has 1 saturated heterocycles. The number of fused-ring (bicyclic) bond motifs is 2. The Balaban J connectivity index is 1.49. The number of carbonyl (C=O) groups is 1. The van der Waals surface area contributed by atoms with E-state index in [-0.39, 0.29) is 12.5 Å².